The smallest absolute Gasteiger partial charge is 0.372 e. The molecule has 1 aromatic carbocycles. The monoisotopic (exact) mass is 288 g/mol. The van der Waals surface area contributed by atoms with Crippen molar-refractivity contribution in [1.29, 1.82) is 0 Å². The number of anilines is 1. The Morgan fingerprint density at radius 1 is 1.20 bits per heavy atom. The van der Waals surface area contributed by atoms with E-state index < -0.39 is 11.7 Å². The van der Waals surface area contributed by atoms with Crippen LogP contribution < -0.4 is 10.6 Å². The van der Waals surface area contributed by atoms with Gasteiger partial charge >= 0.3 is 6.18 Å². The van der Waals surface area contributed by atoms with Crippen LogP contribution in [0.4, 0.5) is 18.9 Å². The second kappa shape index (κ2) is 6.48. The molecule has 114 valence electrons. The van der Waals surface area contributed by atoms with Crippen LogP contribution in [0.5, 0.6) is 0 Å². The molecule has 1 aromatic rings. The van der Waals surface area contributed by atoms with E-state index in [2.05, 4.69) is 20.8 Å². The minimum atomic E-state index is -4.33. The van der Waals surface area contributed by atoms with Gasteiger partial charge in [-0.1, -0.05) is 13.8 Å². The fraction of sp³-hybridized carbons (Fsp3) is 0.600. The molecule has 5 heteroatoms. The van der Waals surface area contributed by atoms with Crippen molar-refractivity contribution in [2.45, 2.75) is 46.0 Å². The molecule has 0 spiro atoms. The van der Waals surface area contributed by atoms with Crippen LogP contribution in [0.3, 0.4) is 0 Å². The Balaban J connectivity index is 3.06. The van der Waals surface area contributed by atoms with Crippen LogP contribution in [0.15, 0.2) is 18.2 Å². The summed E-state index contributed by atoms with van der Waals surface area (Å²) >= 11 is 0. The average molecular weight is 288 g/mol. The molecule has 2 N–H and O–H groups in total. The van der Waals surface area contributed by atoms with E-state index in [-0.39, 0.29) is 12.6 Å². The molecule has 1 rings (SSSR count). The van der Waals surface area contributed by atoms with E-state index in [9.17, 15) is 13.2 Å². The van der Waals surface area contributed by atoms with Gasteiger partial charge in [-0.3, -0.25) is 0 Å². The lowest BCUT2D eigenvalue weighted by Gasteiger charge is -2.30. The fourth-order valence-corrected chi connectivity index (χ4v) is 2.35. The van der Waals surface area contributed by atoms with Gasteiger partial charge in [0.05, 0.1) is 5.56 Å². The van der Waals surface area contributed by atoms with Crippen molar-refractivity contribution in [3.8, 4) is 0 Å². The molecule has 2 nitrogen and oxygen atoms in total. The minimum absolute atomic E-state index is 0.0952. The molecule has 20 heavy (non-hydrogen) atoms. The molecule has 0 aliphatic carbocycles. The Kier molecular flexibility index (Phi) is 5.45. The lowest BCUT2D eigenvalue weighted by Crippen LogP contribution is -2.31. The first kappa shape index (κ1) is 16.8. The Morgan fingerprint density at radius 2 is 1.80 bits per heavy atom. The molecular weight excluding hydrogens is 265 g/mol. The fourth-order valence-electron chi connectivity index (χ4n) is 2.35. The summed E-state index contributed by atoms with van der Waals surface area (Å²) in [6, 6.07) is 4.03. The van der Waals surface area contributed by atoms with E-state index in [1.54, 1.807) is 0 Å². The molecule has 1 unspecified atom stereocenters. The van der Waals surface area contributed by atoms with Crippen molar-refractivity contribution in [2.24, 2.45) is 11.7 Å². The summed E-state index contributed by atoms with van der Waals surface area (Å²) < 4.78 is 38.1. The largest absolute Gasteiger partial charge is 0.416 e. The summed E-state index contributed by atoms with van der Waals surface area (Å²) in [6.07, 6.45) is -3.36. The topological polar surface area (TPSA) is 29.3 Å². The molecule has 0 amide bonds. The van der Waals surface area contributed by atoms with Gasteiger partial charge in [-0.25, -0.2) is 0 Å². The summed E-state index contributed by atoms with van der Waals surface area (Å²) in [5, 5.41) is 0. The van der Waals surface area contributed by atoms with E-state index in [1.807, 2.05) is 11.9 Å². The standard InChI is InChI=1S/C15H23F3N2/c1-10(2)7-11(3)20(4)14-6-5-13(15(16,17)18)8-12(14)9-19/h5-6,8,10-11H,7,9,19H2,1-4H3. The zero-order chi connectivity index (χ0) is 15.5. The molecule has 0 heterocycles. The van der Waals surface area contributed by atoms with Crippen LogP contribution >= 0.6 is 0 Å². The van der Waals surface area contributed by atoms with Crippen molar-refractivity contribution >= 4 is 5.69 Å². The van der Waals surface area contributed by atoms with Crippen LogP contribution in [0.25, 0.3) is 0 Å². The van der Waals surface area contributed by atoms with Crippen molar-refractivity contribution in [1.82, 2.24) is 0 Å². The lowest BCUT2D eigenvalue weighted by molar-refractivity contribution is -0.137. The number of hydrogen-bond donors (Lipinski definition) is 1. The maximum atomic E-state index is 12.7. The van der Waals surface area contributed by atoms with E-state index in [0.717, 1.165) is 24.2 Å². The van der Waals surface area contributed by atoms with Crippen molar-refractivity contribution in [2.75, 3.05) is 11.9 Å². The highest BCUT2D eigenvalue weighted by Crippen LogP contribution is 2.33. The zero-order valence-electron chi connectivity index (χ0n) is 12.5. The van der Waals surface area contributed by atoms with Crippen LogP contribution in [-0.4, -0.2) is 13.1 Å². The highest BCUT2D eigenvalue weighted by Gasteiger charge is 2.31. The first-order valence-corrected chi connectivity index (χ1v) is 6.79. The molecule has 0 aliphatic rings. The summed E-state index contributed by atoms with van der Waals surface area (Å²) in [7, 11) is 1.90. The predicted octanol–water partition coefficient (Wildman–Crippen LogP) is 4.03. The molecule has 0 radical (unpaired) electrons. The predicted molar refractivity (Wildman–Crippen MR) is 76.7 cm³/mol. The SMILES string of the molecule is CC(C)CC(C)N(C)c1ccc(C(F)(F)F)cc1CN. The maximum Gasteiger partial charge on any atom is 0.416 e. The van der Waals surface area contributed by atoms with E-state index in [1.165, 1.54) is 6.07 Å². The molecular formula is C15H23F3N2. The molecule has 0 aliphatic heterocycles. The lowest BCUT2D eigenvalue weighted by atomic mass is 10.0. The van der Waals surface area contributed by atoms with Gasteiger partial charge in [0, 0.05) is 25.3 Å². The van der Waals surface area contributed by atoms with E-state index >= 15 is 0 Å². The Morgan fingerprint density at radius 3 is 2.25 bits per heavy atom. The average Bonchev–Trinajstić information content (AvgIpc) is 2.35. The van der Waals surface area contributed by atoms with Crippen LogP contribution in [0.2, 0.25) is 0 Å². The van der Waals surface area contributed by atoms with Crippen molar-refractivity contribution in [3.63, 3.8) is 0 Å². The zero-order valence-corrected chi connectivity index (χ0v) is 12.5. The number of nitrogens with zero attached hydrogens (tertiary/aromatic N) is 1. The molecule has 0 aromatic heterocycles. The maximum absolute atomic E-state index is 12.7. The van der Waals surface area contributed by atoms with E-state index in [0.29, 0.717) is 11.5 Å². The van der Waals surface area contributed by atoms with Gasteiger partial charge in [0.25, 0.3) is 0 Å². The Labute approximate surface area is 118 Å². The van der Waals surface area contributed by atoms with Gasteiger partial charge < -0.3 is 10.6 Å². The molecule has 0 saturated carbocycles. The third-order valence-corrected chi connectivity index (χ3v) is 3.48. The van der Waals surface area contributed by atoms with Crippen LogP contribution in [0, 0.1) is 5.92 Å². The quantitative estimate of drug-likeness (QED) is 0.886. The number of hydrogen-bond acceptors (Lipinski definition) is 2. The van der Waals surface area contributed by atoms with Crippen LogP contribution in [-0.2, 0) is 12.7 Å². The van der Waals surface area contributed by atoms with Crippen molar-refractivity contribution in [3.05, 3.63) is 29.3 Å². The molecule has 0 fully saturated rings. The number of halogens is 3. The number of benzene rings is 1. The highest BCUT2D eigenvalue weighted by atomic mass is 19.4. The summed E-state index contributed by atoms with van der Waals surface area (Å²) in [6.45, 7) is 6.41. The third kappa shape index (κ3) is 4.13. The normalized spacial score (nSPS) is 13.7. The van der Waals surface area contributed by atoms with Gasteiger partial charge in [-0.05, 0) is 43.0 Å². The minimum Gasteiger partial charge on any atom is -0.372 e. The summed E-state index contributed by atoms with van der Waals surface area (Å²) in [4.78, 5) is 2.00. The number of rotatable bonds is 5. The first-order valence-electron chi connectivity index (χ1n) is 6.79. The molecule has 0 saturated heterocycles. The molecule has 0 bridgehead atoms. The van der Waals surface area contributed by atoms with Gasteiger partial charge in [-0.2, -0.15) is 13.2 Å². The molecule has 1 atom stereocenters. The van der Waals surface area contributed by atoms with Crippen molar-refractivity contribution < 1.29 is 13.2 Å². The van der Waals surface area contributed by atoms with Gasteiger partial charge in [0.2, 0.25) is 0 Å². The highest BCUT2D eigenvalue weighted by molar-refractivity contribution is 5.55. The van der Waals surface area contributed by atoms with Crippen LogP contribution in [0.1, 0.15) is 38.3 Å². The Bertz CT molecular complexity index is 441. The van der Waals surface area contributed by atoms with Gasteiger partial charge in [0.15, 0.2) is 0 Å². The second-order valence-corrected chi connectivity index (χ2v) is 5.63. The third-order valence-electron chi connectivity index (χ3n) is 3.48. The summed E-state index contributed by atoms with van der Waals surface area (Å²) in [5.74, 6) is 0.531. The Hall–Kier alpha value is -1.23. The van der Waals surface area contributed by atoms with E-state index in [4.69, 9.17) is 5.73 Å². The number of nitrogens with two attached hydrogens (primary N) is 1. The van der Waals surface area contributed by atoms with Gasteiger partial charge in [-0.15, -0.1) is 0 Å². The summed E-state index contributed by atoms with van der Waals surface area (Å²) in [5.41, 5.74) is 6.26. The first-order chi connectivity index (χ1) is 9.16. The second-order valence-electron chi connectivity index (χ2n) is 5.63. The van der Waals surface area contributed by atoms with Gasteiger partial charge in [0.1, 0.15) is 0 Å². The number of alkyl halides is 3.